The van der Waals surface area contributed by atoms with Crippen LogP contribution in [0.5, 0.6) is 0 Å². The van der Waals surface area contributed by atoms with Gasteiger partial charge in [-0.3, -0.25) is 14.5 Å². The van der Waals surface area contributed by atoms with Crippen LogP contribution in [0.1, 0.15) is 17.5 Å². The highest BCUT2D eigenvalue weighted by atomic mass is 19.4. The van der Waals surface area contributed by atoms with Crippen molar-refractivity contribution in [1.82, 2.24) is 15.5 Å². The Morgan fingerprint density at radius 1 is 0.938 bits per heavy atom. The lowest BCUT2D eigenvalue weighted by molar-refractivity contribution is -0.218. The number of hydrogen-bond donors (Lipinski definition) is 2. The van der Waals surface area contributed by atoms with Gasteiger partial charge in [0.15, 0.2) is 5.41 Å². The monoisotopic (exact) mass is 451 g/mol. The molecule has 1 saturated heterocycles. The van der Waals surface area contributed by atoms with E-state index < -0.39 is 29.9 Å². The Morgan fingerprint density at radius 2 is 1.59 bits per heavy atom. The second kappa shape index (κ2) is 10.1. The van der Waals surface area contributed by atoms with Crippen LogP contribution in [-0.4, -0.2) is 49.1 Å². The minimum atomic E-state index is -4.69. The minimum Gasteiger partial charge on any atom is -0.354 e. The predicted molar refractivity (Wildman–Crippen MR) is 111 cm³/mol. The van der Waals surface area contributed by atoms with Gasteiger partial charge in [0.25, 0.3) is 0 Å². The minimum absolute atomic E-state index is 0.00651. The summed E-state index contributed by atoms with van der Waals surface area (Å²) < 4.78 is 54.6. The first-order chi connectivity index (χ1) is 15.2. The molecule has 3 rings (SSSR count). The van der Waals surface area contributed by atoms with Crippen molar-refractivity contribution < 1.29 is 27.2 Å². The Kier molecular flexibility index (Phi) is 7.50. The van der Waals surface area contributed by atoms with Crippen molar-refractivity contribution in [3.05, 3.63) is 71.5 Å². The number of carbonyl (C=O) groups is 2. The van der Waals surface area contributed by atoms with Crippen molar-refractivity contribution in [3.8, 4) is 0 Å². The number of halogens is 4. The van der Waals surface area contributed by atoms with E-state index in [0.717, 1.165) is 5.56 Å². The molecule has 1 heterocycles. The summed E-state index contributed by atoms with van der Waals surface area (Å²) in [5, 5.41) is 4.88. The van der Waals surface area contributed by atoms with Crippen molar-refractivity contribution in [2.75, 3.05) is 26.2 Å². The summed E-state index contributed by atoms with van der Waals surface area (Å²) in [5.74, 6) is -1.86. The summed E-state index contributed by atoms with van der Waals surface area (Å²) in [7, 11) is 0. The highest BCUT2D eigenvalue weighted by Gasteiger charge is 2.62. The molecule has 0 spiro atoms. The Labute approximate surface area is 183 Å². The number of rotatable bonds is 8. The molecule has 2 amide bonds. The van der Waals surface area contributed by atoms with Crippen molar-refractivity contribution in [3.63, 3.8) is 0 Å². The normalized spacial score (nSPS) is 19.0. The van der Waals surface area contributed by atoms with Crippen molar-refractivity contribution in [2.45, 2.75) is 25.6 Å². The fourth-order valence-corrected chi connectivity index (χ4v) is 3.81. The standard InChI is InChI=1S/C23H25F4N3O2/c24-19-8-6-17(7-9-19)14-20(31)28-11-12-29-21(32)22(23(25,26)27)10-13-30(16-22)15-18-4-2-1-3-5-18/h1-9H,10-16H2,(H,28,31)(H,29,32). The molecular weight excluding hydrogens is 426 g/mol. The molecule has 1 unspecified atom stereocenters. The van der Waals surface area contributed by atoms with E-state index in [4.69, 9.17) is 0 Å². The van der Waals surface area contributed by atoms with Gasteiger partial charge in [-0.05, 0) is 36.2 Å². The number of alkyl halides is 3. The largest absolute Gasteiger partial charge is 0.404 e. The summed E-state index contributed by atoms with van der Waals surface area (Å²) in [4.78, 5) is 26.1. The Bertz CT molecular complexity index is 919. The van der Waals surface area contributed by atoms with E-state index in [0.29, 0.717) is 12.1 Å². The summed E-state index contributed by atoms with van der Waals surface area (Å²) in [6, 6.07) is 14.6. The molecule has 1 atom stereocenters. The van der Waals surface area contributed by atoms with Gasteiger partial charge >= 0.3 is 6.18 Å². The van der Waals surface area contributed by atoms with Gasteiger partial charge in [-0.1, -0.05) is 42.5 Å². The molecule has 1 aliphatic heterocycles. The van der Waals surface area contributed by atoms with Crippen LogP contribution in [0.15, 0.2) is 54.6 Å². The lowest BCUT2D eigenvalue weighted by Gasteiger charge is -2.30. The van der Waals surface area contributed by atoms with Crippen LogP contribution in [0.25, 0.3) is 0 Å². The summed E-state index contributed by atoms with van der Waals surface area (Å²) in [5.41, 5.74) is -0.983. The van der Waals surface area contributed by atoms with Crippen molar-refractivity contribution >= 4 is 11.8 Å². The predicted octanol–water partition coefficient (Wildman–Crippen LogP) is 3.06. The maximum Gasteiger partial charge on any atom is 0.404 e. The van der Waals surface area contributed by atoms with Gasteiger partial charge in [0.2, 0.25) is 11.8 Å². The van der Waals surface area contributed by atoms with Crippen LogP contribution >= 0.6 is 0 Å². The molecule has 0 saturated carbocycles. The van der Waals surface area contributed by atoms with E-state index in [9.17, 15) is 27.2 Å². The summed E-state index contributed by atoms with van der Waals surface area (Å²) in [6.45, 7) is -0.0340. The van der Waals surface area contributed by atoms with Crippen LogP contribution in [0, 0.1) is 11.2 Å². The number of hydrogen-bond acceptors (Lipinski definition) is 3. The molecule has 2 aromatic rings. The zero-order chi connectivity index (χ0) is 23.2. The maximum absolute atomic E-state index is 13.9. The average Bonchev–Trinajstić information content (AvgIpc) is 3.19. The van der Waals surface area contributed by atoms with Gasteiger partial charge in [-0.2, -0.15) is 13.2 Å². The second-order valence-electron chi connectivity index (χ2n) is 7.94. The van der Waals surface area contributed by atoms with Gasteiger partial charge in [0.05, 0.1) is 6.42 Å². The highest BCUT2D eigenvalue weighted by Crippen LogP contribution is 2.46. The topological polar surface area (TPSA) is 61.4 Å². The molecule has 32 heavy (non-hydrogen) atoms. The Morgan fingerprint density at radius 3 is 2.25 bits per heavy atom. The van der Waals surface area contributed by atoms with Gasteiger partial charge in [0, 0.05) is 26.2 Å². The molecule has 1 fully saturated rings. The van der Waals surface area contributed by atoms with Gasteiger partial charge < -0.3 is 10.6 Å². The number of benzene rings is 2. The van der Waals surface area contributed by atoms with Crippen LogP contribution in [0.3, 0.4) is 0 Å². The summed E-state index contributed by atoms with van der Waals surface area (Å²) in [6.07, 6.45) is -4.99. The fraction of sp³-hybridized carbons (Fsp3) is 0.391. The zero-order valence-corrected chi connectivity index (χ0v) is 17.4. The quantitative estimate of drug-likeness (QED) is 0.479. The average molecular weight is 451 g/mol. The van der Waals surface area contributed by atoms with Crippen LogP contribution in [0.4, 0.5) is 17.6 Å². The third-order valence-electron chi connectivity index (χ3n) is 5.59. The van der Waals surface area contributed by atoms with E-state index in [2.05, 4.69) is 10.6 Å². The Balaban J connectivity index is 1.50. The SMILES string of the molecule is O=C(Cc1ccc(F)cc1)NCCNC(=O)C1(C(F)(F)F)CCN(Cc2ccccc2)C1. The van der Waals surface area contributed by atoms with Gasteiger partial charge in [-0.25, -0.2) is 4.39 Å². The number of likely N-dealkylation sites (tertiary alicyclic amines) is 1. The third-order valence-corrected chi connectivity index (χ3v) is 5.59. The summed E-state index contributed by atoms with van der Waals surface area (Å²) >= 11 is 0. The van der Waals surface area contributed by atoms with Crippen molar-refractivity contribution in [1.29, 1.82) is 0 Å². The number of amides is 2. The molecule has 9 heteroatoms. The number of carbonyl (C=O) groups excluding carboxylic acids is 2. The lowest BCUT2D eigenvalue weighted by Crippen LogP contribution is -2.53. The Hall–Kier alpha value is -2.94. The second-order valence-corrected chi connectivity index (χ2v) is 7.94. The van der Waals surface area contributed by atoms with Gasteiger partial charge in [-0.15, -0.1) is 0 Å². The first-order valence-electron chi connectivity index (χ1n) is 10.3. The molecule has 1 aliphatic rings. The zero-order valence-electron chi connectivity index (χ0n) is 17.4. The maximum atomic E-state index is 13.9. The smallest absolute Gasteiger partial charge is 0.354 e. The van der Waals surface area contributed by atoms with E-state index in [1.54, 1.807) is 4.90 Å². The molecule has 0 aromatic heterocycles. The lowest BCUT2D eigenvalue weighted by atomic mass is 9.85. The fourth-order valence-electron chi connectivity index (χ4n) is 3.81. The van der Waals surface area contributed by atoms with Crippen LogP contribution < -0.4 is 10.6 Å². The molecular formula is C23H25F4N3O2. The highest BCUT2D eigenvalue weighted by molar-refractivity contribution is 5.84. The molecule has 0 radical (unpaired) electrons. The molecule has 0 aliphatic carbocycles. The molecule has 0 bridgehead atoms. The molecule has 2 aromatic carbocycles. The van der Waals surface area contributed by atoms with Crippen LogP contribution in [0.2, 0.25) is 0 Å². The number of nitrogens with one attached hydrogen (secondary N) is 2. The molecule has 2 N–H and O–H groups in total. The third kappa shape index (κ3) is 5.85. The van der Waals surface area contributed by atoms with E-state index >= 15 is 0 Å². The van der Waals surface area contributed by atoms with E-state index in [1.165, 1.54) is 24.3 Å². The van der Waals surface area contributed by atoms with Gasteiger partial charge in [0.1, 0.15) is 5.82 Å². The molecule has 172 valence electrons. The number of nitrogens with zero attached hydrogens (tertiary/aromatic N) is 1. The molecule has 5 nitrogen and oxygen atoms in total. The van der Waals surface area contributed by atoms with Crippen molar-refractivity contribution in [2.24, 2.45) is 5.41 Å². The van der Waals surface area contributed by atoms with E-state index in [1.807, 2.05) is 30.3 Å². The van der Waals surface area contributed by atoms with E-state index in [-0.39, 0.29) is 38.4 Å². The first-order valence-corrected chi connectivity index (χ1v) is 10.3. The first kappa shape index (κ1) is 23.7. The van der Waals surface area contributed by atoms with Crippen LogP contribution in [-0.2, 0) is 22.6 Å².